The van der Waals surface area contributed by atoms with Gasteiger partial charge < -0.3 is 10.4 Å². The molecule has 0 saturated heterocycles. The van der Waals surface area contributed by atoms with E-state index in [4.69, 9.17) is 5.11 Å². The number of nitrogens with one attached hydrogen (secondary N) is 1. The van der Waals surface area contributed by atoms with E-state index in [0.29, 0.717) is 10.8 Å². The maximum Gasteiger partial charge on any atom is 0.234 e. The van der Waals surface area contributed by atoms with Crippen LogP contribution in [0.4, 0.5) is 5.69 Å². The number of benzene rings is 1. The van der Waals surface area contributed by atoms with Crippen molar-refractivity contribution < 1.29 is 9.90 Å². The van der Waals surface area contributed by atoms with Crippen LogP contribution in [0.15, 0.2) is 41.7 Å². The van der Waals surface area contributed by atoms with Crippen molar-refractivity contribution in [2.45, 2.75) is 12.1 Å². The third-order valence-electron chi connectivity index (χ3n) is 2.26. The average molecular weight is 275 g/mol. The third kappa shape index (κ3) is 4.26. The monoisotopic (exact) mass is 275 g/mol. The average Bonchev–Trinajstić information content (AvgIpc) is 2.39. The summed E-state index contributed by atoms with van der Waals surface area (Å²) in [7, 11) is 0. The number of thioether (sulfide) groups is 1. The molecule has 0 bridgehead atoms. The molecule has 5 nitrogen and oxygen atoms in total. The standard InChI is InChI=1S/C13H13N3O2S/c1-9-6-7-14-13(15-9)19-8-12(18)16-10-2-4-11(17)5-3-10/h2-7,17H,8H2,1H3,(H,16,18). The van der Waals surface area contributed by atoms with Gasteiger partial charge in [-0.1, -0.05) is 11.8 Å². The van der Waals surface area contributed by atoms with Crippen molar-refractivity contribution in [1.29, 1.82) is 0 Å². The van der Waals surface area contributed by atoms with E-state index in [-0.39, 0.29) is 17.4 Å². The van der Waals surface area contributed by atoms with Crippen LogP contribution in [-0.2, 0) is 4.79 Å². The highest BCUT2D eigenvalue weighted by atomic mass is 32.2. The van der Waals surface area contributed by atoms with Crippen molar-refractivity contribution >= 4 is 23.4 Å². The minimum absolute atomic E-state index is 0.138. The zero-order chi connectivity index (χ0) is 13.7. The van der Waals surface area contributed by atoms with Crippen LogP contribution in [0.3, 0.4) is 0 Å². The molecule has 0 aliphatic heterocycles. The molecule has 98 valence electrons. The van der Waals surface area contributed by atoms with Gasteiger partial charge in [-0.05, 0) is 37.3 Å². The molecule has 0 radical (unpaired) electrons. The van der Waals surface area contributed by atoms with Gasteiger partial charge in [0.15, 0.2) is 5.16 Å². The van der Waals surface area contributed by atoms with Crippen LogP contribution >= 0.6 is 11.8 Å². The predicted octanol–water partition coefficient (Wildman–Crippen LogP) is 2.22. The zero-order valence-electron chi connectivity index (χ0n) is 10.3. The van der Waals surface area contributed by atoms with Crippen LogP contribution < -0.4 is 5.32 Å². The number of aromatic nitrogens is 2. The summed E-state index contributed by atoms with van der Waals surface area (Å²) in [6, 6.07) is 8.13. The molecule has 0 saturated carbocycles. The van der Waals surface area contributed by atoms with Crippen molar-refractivity contribution in [2.24, 2.45) is 0 Å². The number of phenols is 1. The lowest BCUT2D eigenvalue weighted by molar-refractivity contribution is -0.113. The molecular formula is C13H13N3O2S. The largest absolute Gasteiger partial charge is 0.508 e. The summed E-state index contributed by atoms with van der Waals surface area (Å²) in [6.45, 7) is 1.88. The molecule has 2 N–H and O–H groups in total. The molecule has 2 rings (SSSR count). The molecule has 0 aliphatic carbocycles. The van der Waals surface area contributed by atoms with Crippen molar-refractivity contribution in [3.63, 3.8) is 0 Å². The first-order chi connectivity index (χ1) is 9.13. The third-order valence-corrected chi connectivity index (χ3v) is 3.12. The highest BCUT2D eigenvalue weighted by molar-refractivity contribution is 7.99. The van der Waals surface area contributed by atoms with E-state index in [0.717, 1.165) is 5.69 Å². The highest BCUT2D eigenvalue weighted by Gasteiger charge is 2.05. The Morgan fingerprint density at radius 3 is 2.74 bits per heavy atom. The van der Waals surface area contributed by atoms with Crippen molar-refractivity contribution in [1.82, 2.24) is 9.97 Å². The Morgan fingerprint density at radius 2 is 2.05 bits per heavy atom. The Hall–Kier alpha value is -2.08. The fourth-order valence-electron chi connectivity index (χ4n) is 1.37. The summed E-state index contributed by atoms with van der Waals surface area (Å²) in [5.74, 6) is 0.269. The number of hydrogen-bond donors (Lipinski definition) is 2. The number of phenolic OH excluding ortho intramolecular Hbond substituents is 1. The van der Waals surface area contributed by atoms with Gasteiger partial charge in [0, 0.05) is 17.6 Å². The van der Waals surface area contributed by atoms with Gasteiger partial charge >= 0.3 is 0 Å². The summed E-state index contributed by atoms with van der Waals surface area (Å²) in [6.07, 6.45) is 1.67. The summed E-state index contributed by atoms with van der Waals surface area (Å²) < 4.78 is 0. The lowest BCUT2D eigenvalue weighted by Gasteiger charge is -2.04. The SMILES string of the molecule is Cc1ccnc(SCC(=O)Nc2ccc(O)cc2)n1. The smallest absolute Gasteiger partial charge is 0.234 e. The molecule has 0 atom stereocenters. The second-order valence-corrected chi connectivity index (χ2v) is 4.81. The molecule has 1 heterocycles. The van der Waals surface area contributed by atoms with Crippen LogP contribution in [0.5, 0.6) is 5.75 Å². The molecule has 0 unspecified atom stereocenters. The molecule has 1 amide bonds. The minimum Gasteiger partial charge on any atom is -0.508 e. The zero-order valence-corrected chi connectivity index (χ0v) is 11.1. The van der Waals surface area contributed by atoms with Gasteiger partial charge in [-0.25, -0.2) is 9.97 Å². The van der Waals surface area contributed by atoms with Gasteiger partial charge in [-0.3, -0.25) is 4.79 Å². The van der Waals surface area contributed by atoms with Gasteiger partial charge in [0.05, 0.1) is 5.75 Å². The van der Waals surface area contributed by atoms with E-state index in [1.807, 2.05) is 6.92 Å². The lowest BCUT2D eigenvalue weighted by Crippen LogP contribution is -2.14. The molecule has 0 fully saturated rings. The summed E-state index contributed by atoms with van der Waals surface area (Å²) in [5, 5.41) is 12.4. The Balaban J connectivity index is 1.86. The molecule has 1 aromatic carbocycles. The van der Waals surface area contributed by atoms with Crippen molar-refractivity contribution in [3.8, 4) is 5.75 Å². The lowest BCUT2D eigenvalue weighted by atomic mass is 10.3. The number of aromatic hydroxyl groups is 1. The molecular weight excluding hydrogens is 262 g/mol. The Bertz CT molecular complexity index is 572. The number of carbonyl (C=O) groups excluding carboxylic acids is 1. The van der Waals surface area contributed by atoms with Gasteiger partial charge in [-0.2, -0.15) is 0 Å². The topological polar surface area (TPSA) is 75.1 Å². The van der Waals surface area contributed by atoms with E-state index in [2.05, 4.69) is 15.3 Å². The Labute approximate surface area is 115 Å². The van der Waals surface area contributed by atoms with Crippen LogP contribution in [0.1, 0.15) is 5.69 Å². The summed E-state index contributed by atoms with van der Waals surface area (Å²) >= 11 is 1.28. The van der Waals surface area contributed by atoms with Crippen LogP contribution in [0.25, 0.3) is 0 Å². The van der Waals surface area contributed by atoms with Crippen molar-refractivity contribution in [3.05, 3.63) is 42.2 Å². The summed E-state index contributed by atoms with van der Waals surface area (Å²) in [4.78, 5) is 20.0. The second-order valence-electron chi connectivity index (χ2n) is 3.86. The Kier molecular flexibility index (Phi) is 4.35. The minimum atomic E-state index is -0.138. The molecule has 19 heavy (non-hydrogen) atoms. The van der Waals surface area contributed by atoms with E-state index in [1.165, 1.54) is 23.9 Å². The number of nitrogens with zero attached hydrogens (tertiary/aromatic N) is 2. The predicted molar refractivity (Wildman–Crippen MR) is 74.2 cm³/mol. The van der Waals surface area contributed by atoms with E-state index >= 15 is 0 Å². The van der Waals surface area contributed by atoms with Gasteiger partial charge in [-0.15, -0.1) is 0 Å². The fraction of sp³-hybridized carbons (Fsp3) is 0.154. The summed E-state index contributed by atoms with van der Waals surface area (Å²) in [5.41, 5.74) is 1.52. The van der Waals surface area contributed by atoms with Crippen molar-refractivity contribution in [2.75, 3.05) is 11.1 Å². The number of carbonyl (C=O) groups is 1. The number of rotatable bonds is 4. The van der Waals surface area contributed by atoms with E-state index in [1.54, 1.807) is 24.4 Å². The number of aryl methyl sites for hydroxylation is 1. The van der Waals surface area contributed by atoms with Gasteiger partial charge in [0.2, 0.25) is 5.91 Å². The highest BCUT2D eigenvalue weighted by Crippen LogP contribution is 2.16. The quantitative estimate of drug-likeness (QED) is 0.508. The van der Waals surface area contributed by atoms with Crippen LogP contribution in [0, 0.1) is 6.92 Å². The number of hydrogen-bond acceptors (Lipinski definition) is 5. The molecule has 6 heteroatoms. The number of anilines is 1. The normalized spacial score (nSPS) is 10.2. The number of amides is 1. The van der Waals surface area contributed by atoms with Crippen LogP contribution in [0.2, 0.25) is 0 Å². The second kappa shape index (κ2) is 6.19. The van der Waals surface area contributed by atoms with E-state index in [9.17, 15) is 4.79 Å². The first kappa shape index (κ1) is 13.4. The van der Waals surface area contributed by atoms with Gasteiger partial charge in [0.1, 0.15) is 5.75 Å². The maximum atomic E-state index is 11.7. The molecule has 0 aliphatic rings. The van der Waals surface area contributed by atoms with Crippen LogP contribution in [-0.4, -0.2) is 26.7 Å². The first-order valence-electron chi connectivity index (χ1n) is 5.65. The fourth-order valence-corrected chi connectivity index (χ4v) is 2.04. The van der Waals surface area contributed by atoms with Gasteiger partial charge in [0.25, 0.3) is 0 Å². The molecule has 0 spiro atoms. The Morgan fingerprint density at radius 1 is 1.32 bits per heavy atom. The maximum absolute atomic E-state index is 11.7. The first-order valence-corrected chi connectivity index (χ1v) is 6.63. The molecule has 1 aromatic heterocycles. The molecule has 2 aromatic rings. The van der Waals surface area contributed by atoms with E-state index < -0.39 is 0 Å².